The number of aromatic amines is 1. The van der Waals surface area contributed by atoms with E-state index in [1.165, 1.54) is 21.6 Å². The molecule has 0 bridgehead atoms. The molecule has 0 radical (unpaired) electrons. The number of hydrogen-bond donors (Lipinski definition) is 1. The summed E-state index contributed by atoms with van der Waals surface area (Å²) in [6, 6.07) is 11.4. The molecule has 0 saturated carbocycles. The molecule has 25 heavy (non-hydrogen) atoms. The van der Waals surface area contributed by atoms with Crippen LogP contribution in [0, 0.1) is 4.77 Å². The van der Waals surface area contributed by atoms with Gasteiger partial charge >= 0.3 is 0 Å². The van der Waals surface area contributed by atoms with Crippen LogP contribution in [0.5, 0.6) is 0 Å². The molecule has 5 aromatic rings. The first-order chi connectivity index (χ1) is 12.2. The van der Waals surface area contributed by atoms with Crippen LogP contribution in [0.1, 0.15) is 0 Å². The summed E-state index contributed by atoms with van der Waals surface area (Å²) in [7, 11) is 0. The molecule has 1 aromatic carbocycles. The van der Waals surface area contributed by atoms with Gasteiger partial charge in [0.15, 0.2) is 0 Å². The highest BCUT2D eigenvalue weighted by Crippen LogP contribution is 2.23. The predicted octanol–water partition coefficient (Wildman–Crippen LogP) is 2.01. The van der Waals surface area contributed by atoms with Gasteiger partial charge < -0.3 is 0 Å². The smallest absolute Gasteiger partial charge is 0.267 e. The quantitative estimate of drug-likeness (QED) is 0.368. The minimum Gasteiger partial charge on any atom is -0.267 e. The summed E-state index contributed by atoms with van der Waals surface area (Å²) >= 11 is 5.20. The van der Waals surface area contributed by atoms with Crippen molar-refractivity contribution in [2.75, 3.05) is 0 Å². The van der Waals surface area contributed by atoms with Gasteiger partial charge in [-0.3, -0.25) is 9.89 Å². The summed E-state index contributed by atoms with van der Waals surface area (Å²) in [4.78, 5) is 25.6. The zero-order valence-corrected chi connectivity index (χ0v) is 13.4. The zero-order chi connectivity index (χ0) is 17.0. The Morgan fingerprint density at radius 2 is 1.92 bits per heavy atom. The molecule has 8 nitrogen and oxygen atoms in total. The van der Waals surface area contributed by atoms with Crippen molar-refractivity contribution in [1.82, 2.24) is 34.2 Å². The largest absolute Gasteiger partial charge is 0.280 e. The molecule has 4 heterocycles. The number of pyridine rings is 1. The van der Waals surface area contributed by atoms with E-state index in [1.807, 2.05) is 36.4 Å². The molecule has 4 aromatic heterocycles. The number of nitrogens with one attached hydrogen (secondary N) is 1. The lowest BCUT2D eigenvalue weighted by Crippen LogP contribution is -2.19. The molecule has 0 aliphatic carbocycles. The summed E-state index contributed by atoms with van der Waals surface area (Å²) in [5.74, 6) is 0.425. The zero-order valence-electron chi connectivity index (χ0n) is 12.6. The van der Waals surface area contributed by atoms with Crippen LogP contribution < -0.4 is 5.56 Å². The molecule has 0 spiro atoms. The van der Waals surface area contributed by atoms with Gasteiger partial charge in [-0.05, 0) is 18.3 Å². The number of hydrogen-bond acceptors (Lipinski definition) is 6. The summed E-state index contributed by atoms with van der Waals surface area (Å²) in [6.45, 7) is 0. The highest BCUT2D eigenvalue weighted by atomic mass is 32.1. The third kappa shape index (κ3) is 1.99. The van der Waals surface area contributed by atoms with Crippen LogP contribution in [0.2, 0.25) is 0 Å². The Bertz CT molecular complexity index is 1380. The lowest BCUT2D eigenvalue weighted by molar-refractivity contribution is 0.852. The van der Waals surface area contributed by atoms with E-state index in [4.69, 9.17) is 12.2 Å². The maximum Gasteiger partial charge on any atom is 0.280 e. The van der Waals surface area contributed by atoms with Gasteiger partial charge in [-0.25, -0.2) is 14.5 Å². The predicted molar refractivity (Wildman–Crippen MR) is 93.9 cm³/mol. The second-order valence-electron chi connectivity index (χ2n) is 5.44. The second-order valence-corrected chi connectivity index (χ2v) is 5.83. The first-order valence-corrected chi connectivity index (χ1v) is 7.83. The third-order valence-corrected chi connectivity index (χ3v) is 4.18. The van der Waals surface area contributed by atoms with Gasteiger partial charge in [0, 0.05) is 11.8 Å². The second kappa shape index (κ2) is 5.02. The molecule has 1 N–H and O–H groups in total. The molecule has 0 unspecified atom stereocenters. The highest BCUT2D eigenvalue weighted by molar-refractivity contribution is 7.71. The van der Waals surface area contributed by atoms with Crippen molar-refractivity contribution in [3.8, 4) is 11.3 Å². The molecular formula is C16H9N7OS. The van der Waals surface area contributed by atoms with Gasteiger partial charge in [0.05, 0.1) is 22.1 Å². The van der Waals surface area contributed by atoms with E-state index >= 15 is 0 Å². The first-order valence-electron chi connectivity index (χ1n) is 7.42. The summed E-state index contributed by atoms with van der Waals surface area (Å²) in [5.41, 5.74) is 2.41. The molecule has 0 fully saturated rings. The van der Waals surface area contributed by atoms with Gasteiger partial charge in [0.2, 0.25) is 4.77 Å². The van der Waals surface area contributed by atoms with Gasteiger partial charge in [0.25, 0.3) is 11.3 Å². The molecule has 0 saturated heterocycles. The number of fused-ring (bicyclic) bond motifs is 4. The number of nitrogens with zero attached hydrogens (tertiary/aromatic N) is 6. The van der Waals surface area contributed by atoms with Gasteiger partial charge in [-0.2, -0.15) is 14.6 Å². The molecule has 0 atom stereocenters. The van der Waals surface area contributed by atoms with E-state index in [1.54, 1.807) is 0 Å². The number of benzene rings is 1. The fourth-order valence-corrected chi connectivity index (χ4v) is 3.08. The first kappa shape index (κ1) is 13.9. The minimum absolute atomic E-state index is 0.225. The van der Waals surface area contributed by atoms with Crippen molar-refractivity contribution >= 4 is 34.4 Å². The summed E-state index contributed by atoms with van der Waals surface area (Å²) in [5, 5.41) is 7.40. The Hall–Kier alpha value is -3.46. The summed E-state index contributed by atoms with van der Waals surface area (Å²) < 4.78 is 3.15. The topological polar surface area (TPSA) is 93.2 Å². The monoisotopic (exact) mass is 347 g/mol. The molecule has 0 aliphatic rings. The fourth-order valence-electron chi connectivity index (χ4n) is 2.90. The fraction of sp³-hybridized carbons (Fsp3) is 0. The van der Waals surface area contributed by atoms with E-state index < -0.39 is 0 Å². The highest BCUT2D eigenvalue weighted by Gasteiger charge is 2.14. The van der Waals surface area contributed by atoms with Crippen molar-refractivity contribution in [3.05, 3.63) is 64.0 Å². The molecule has 0 aliphatic heterocycles. The molecule has 120 valence electrons. The van der Waals surface area contributed by atoms with Crippen LogP contribution in [0.3, 0.4) is 0 Å². The Balaban J connectivity index is 2.04. The van der Waals surface area contributed by atoms with Crippen molar-refractivity contribution < 1.29 is 0 Å². The van der Waals surface area contributed by atoms with Gasteiger partial charge in [-0.15, -0.1) is 0 Å². The van der Waals surface area contributed by atoms with Crippen molar-refractivity contribution in [1.29, 1.82) is 0 Å². The average molecular weight is 347 g/mol. The summed E-state index contributed by atoms with van der Waals surface area (Å²) in [6.07, 6.45) is 2.89. The van der Waals surface area contributed by atoms with Gasteiger partial charge in [-0.1, -0.05) is 30.3 Å². The van der Waals surface area contributed by atoms with E-state index in [2.05, 4.69) is 25.1 Å². The standard InChI is InChI=1S/C16H9N7OS/c24-14-10-7-17-15-18-8-19-23(15)11(10)6-12-13(9-4-2-1-3-5-9)20-16(25)21-22(12)14/h1-8H,(H,21,25). The SMILES string of the molecule is O=c1c2cnc3ncnn3c2cc2c(-c3ccccc3)nc(=S)[nH]n12. The number of H-pyrrole nitrogens is 1. The average Bonchev–Trinajstić information content (AvgIpc) is 3.12. The van der Waals surface area contributed by atoms with Crippen LogP contribution in [0.25, 0.3) is 33.5 Å². The molecule has 5 rings (SSSR count). The van der Waals surface area contributed by atoms with Crippen molar-refractivity contribution in [2.45, 2.75) is 0 Å². The number of rotatable bonds is 1. The maximum absolute atomic E-state index is 12.9. The van der Waals surface area contributed by atoms with Crippen LogP contribution in [0.15, 0.2) is 53.7 Å². The normalized spacial score (nSPS) is 11.5. The molecule has 9 heteroatoms. The Kier molecular flexibility index (Phi) is 2.80. The van der Waals surface area contributed by atoms with E-state index in [0.29, 0.717) is 27.9 Å². The van der Waals surface area contributed by atoms with Crippen molar-refractivity contribution in [3.63, 3.8) is 0 Å². The van der Waals surface area contributed by atoms with Crippen LogP contribution >= 0.6 is 12.2 Å². The van der Waals surface area contributed by atoms with E-state index in [9.17, 15) is 4.79 Å². The van der Waals surface area contributed by atoms with Gasteiger partial charge in [0.1, 0.15) is 6.33 Å². The third-order valence-electron chi connectivity index (χ3n) is 4.00. The minimum atomic E-state index is -0.275. The maximum atomic E-state index is 12.9. The van der Waals surface area contributed by atoms with Crippen molar-refractivity contribution in [2.24, 2.45) is 0 Å². The van der Waals surface area contributed by atoms with Crippen LogP contribution in [-0.2, 0) is 0 Å². The van der Waals surface area contributed by atoms with E-state index in [-0.39, 0.29) is 10.3 Å². The Morgan fingerprint density at radius 3 is 2.76 bits per heavy atom. The molecule has 0 amide bonds. The molecular weight excluding hydrogens is 338 g/mol. The van der Waals surface area contributed by atoms with Crippen LogP contribution in [0.4, 0.5) is 0 Å². The van der Waals surface area contributed by atoms with Crippen LogP contribution in [-0.4, -0.2) is 34.2 Å². The lowest BCUT2D eigenvalue weighted by Gasteiger charge is -2.09. The Morgan fingerprint density at radius 1 is 1.08 bits per heavy atom. The lowest BCUT2D eigenvalue weighted by atomic mass is 10.1. The Labute approximate surface area is 144 Å². The number of aromatic nitrogens is 7. The van der Waals surface area contributed by atoms with E-state index in [0.717, 1.165) is 5.56 Å².